The van der Waals surface area contributed by atoms with Crippen molar-refractivity contribution >= 4 is 23.2 Å². The van der Waals surface area contributed by atoms with Crippen LogP contribution in [0.25, 0.3) is 0 Å². The zero-order valence-electron chi connectivity index (χ0n) is 13.2. The molecule has 0 amide bonds. The van der Waals surface area contributed by atoms with E-state index in [4.69, 9.17) is 32.7 Å². The summed E-state index contributed by atoms with van der Waals surface area (Å²) in [4.78, 5) is 0. The van der Waals surface area contributed by atoms with Crippen molar-refractivity contribution in [3.8, 4) is 11.6 Å². The standard InChI is InChI=1S/C16H20Cl2N2O2/c1-5-14-15(9-21-4)19-20(10(2)3)16(14)22-13-7-11(17)6-12(18)8-13/h6-8,10H,5,9H2,1-4H3. The molecule has 0 saturated carbocycles. The minimum absolute atomic E-state index is 0.167. The normalized spacial score (nSPS) is 11.2. The minimum atomic E-state index is 0.167. The second-order valence-electron chi connectivity index (χ2n) is 5.26. The van der Waals surface area contributed by atoms with Crippen LogP contribution in [-0.4, -0.2) is 16.9 Å². The van der Waals surface area contributed by atoms with Crippen LogP contribution < -0.4 is 4.74 Å². The first kappa shape index (κ1) is 17.1. The molecule has 0 fully saturated rings. The number of nitrogens with zero attached hydrogens (tertiary/aromatic N) is 2. The van der Waals surface area contributed by atoms with Crippen LogP contribution >= 0.6 is 23.2 Å². The molecule has 0 aliphatic rings. The second kappa shape index (κ2) is 7.36. The van der Waals surface area contributed by atoms with E-state index >= 15 is 0 Å². The van der Waals surface area contributed by atoms with Gasteiger partial charge >= 0.3 is 0 Å². The predicted molar refractivity (Wildman–Crippen MR) is 89.2 cm³/mol. The van der Waals surface area contributed by atoms with Crippen molar-refractivity contribution < 1.29 is 9.47 Å². The topological polar surface area (TPSA) is 36.3 Å². The zero-order valence-corrected chi connectivity index (χ0v) is 14.7. The summed E-state index contributed by atoms with van der Waals surface area (Å²) in [5.41, 5.74) is 1.92. The molecule has 0 radical (unpaired) electrons. The lowest BCUT2D eigenvalue weighted by Crippen LogP contribution is -2.05. The Bertz CT molecular complexity index is 634. The molecule has 1 heterocycles. The predicted octanol–water partition coefficient (Wildman–Crippen LogP) is 5.27. The maximum Gasteiger partial charge on any atom is 0.221 e. The Hall–Kier alpha value is -1.23. The average Bonchev–Trinajstić information content (AvgIpc) is 2.76. The fraction of sp³-hybridized carbons (Fsp3) is 0.438. The molecule has 0 spiro atoms. The summed E-state index contributed by atoms with van der Waals surface area (Å²) < 4.78 is 13.2. The van der Waals surface area contributed by atoms with Crippen molar-refractivity contribution in [2.75, 3.05) is 7.11 Å². The first-order chi connectivity index (χ1) is 10.5. The molecule has 0 N–H and O–H groups in total. The molecule has 0 aliphatic heterocycles. The van der Waals surface area contributed by atoms with Crippen LogP contribution in [-0.2, 0) is 17.8 Å². The number of aromatic nitrogens is 2. The Morgan fingerprint density at radius 1 is 1.18 bits per heavy atom. The van der Waals surface area contributed by atoms with E-state index in [9.17, 15) is 0 Å². The zero-order chi connectivity index (χ0) is 16.3. The number of hydrogen-bond acceptors (Lipinski definition) is 3. The van der Waals surface area contributed by atoms with Crippen LogP contribution in [0.2, 0.25) is 10.0 Å². The van der Waals surface area contributed by atoms with Crippen molar-refractivity contribution in [1.82, 2.24) is 9.78 Å². The van der Waals surface area contributed by atoms with Crippen LogP contribution in [0, 0.1) is 0 Å². The maximum atomic E-state index is 6.06. The lowest BCUT2D eigenvalue weighted by Gasteiger charge is -2.13. The van der Waals surface area contributed by atoms with E-state index < -0.39 is 0 Å². The van der Waals surface area contributed by atoms with Gasteiger partial charge in [-0.2, -0.15) is 5.10 Å². The van der Waals surface area contributed by atoms with Gasteiger partial charge in [0.15, 0.2) is 0 Å². The Balaban J connectivity index is 2.47. The third kappa shape index (κ3) is 3.75. The number of halogens is 2. The lowest BCUT2D eigenvalue weighted by atomic mass is 10.2. The molecule has 0 unspecified atom stereocenters. The van der Waals surface area contributed by atoms with Crippen molar-refractivity contribution in [3.63, 3.8) is 0 Å². The number of ether oxygens (including phenoxy) is 2. The fourth-order valence-electron chi connectivity index (χ4n) is 2.26. The van der Waals surface area contributed by atoms with Crippen LogP contribution in [0.4, 0.5) is 0 Å². The summed E-state index contributed by atoms with van der Waals surface area (Å²) in [5.74, 6) is 1.31. The summed E-state index contributed by atoms with van der Waals surface area (Å²) >= 11 is 12.1. The summed E-state index contributed by atoms with van der Waals surface area (Å²) in [6.45, 7) is 6.63. The molecular weight excluding hydrogens is 323 g/mol. The average molecular weight is 343 g/mol. The Morgan fingerprint density at radius 3 is 2.32 bits per heavy atom. The van der Waals surface area contributed by atoms with Gasteiger partial charge in [0, 0.05) is 22.7 Å². The number of hydrogen-bond donors (Lipinski definition) is 0. The van der Waals surface area contributed by atoms with Crippen LogP contribution in [0.1, 0.15) is 38.1 Å². The Morgan fingerprint density at radius 2 is 1.82 bits per heavy atom. The molecule has 22 heavy (non-hydrogen) atoms. The van der Waals surface area contributed by atoms with Gasteiger partial charge in [-0.1, -0.05) is 30.1 Å². The van der Waals surface area contributed by atoms with Crippen molar-refractivity contribution in [2.24, 2.45) is 0 Å². The van der Waals surface area contributed by atoms with Gasteiger partial charge in [-0.25, -0.2) is 4.68 Å². The molecule has 120 valence electrons. The minimum Gasteiger partial charge on any atom is -0.439 e. The highest BCUT2D eigenvalue weighted by atomic mass is 35.5. The van der Waals surface area contributed by atoms with Gasteiger partial charge in [-0.15, -0.1) is 0 Å². The molecule has 0 atom stereocenters. The van der Waals surface area contributed by atoms with E-state index in [2.05, 4.69) is 25.9 Å². The van der Waals surface area contributed by atoms with Gasteiger partial charge in [0.1, 0.15) is 5.75 Å². The summed E-state index contributed by atoms with van der Waals surface area (Å²) in [6.07, 6.45) is 0.801. The third-order valence-corrected chi connectivity index (χ3v) is 3.65. The molecule has 2 rings (SSSR count). The maximum absolute atomic E-state index is 6.06. The highest BCUT2D eigenvalue weighted by molar-refractivity contribution is 6.34. The molecule has 1 aromatic heterocycles. The van der Waals surface area contributed by atoms with E-state index in [0.29, 0.717) is 28.3 Å². The third-order valence-electron chi connectivity index (χ3n) is 3.22. The van der Waals surface area contributed by atoms with Gasteiger partial charge in [-0.05, 0) is 38.5 Å². The highest BCUT2D eigenvalue weighted by Crippen LogP contribution is 2.33. The Labute approximate surface area is 140 Å². The molecule has 4 nitrogen and oxygen atoms in total. The first-order valence-electron chi connectivity index (χ1n) is 7.19. The van der Waals surface area contributed by atoms with E-state index in [1.54, 1.807) is 25.3 Å². The van der Waals surface area contributed by atoms with Crippen molar-refractivity contribution in [3.05, 3.63) is 39.5 Å². The number of rotatable bonds is 6. The quantitative estimate of drug-likeness (QED) is 0.717. The van der Waals surface area contributed by atoms with E-state index in [1.807, 2.05) is 4.68 Å². The molecule has 6 heteroatoms. The van der Waals surface area contributed by atoms with E-state index in [-0.39, 0.29) is 6.04 Å². The highest BCUT2D eigenvalue weighted by Gasteiger charge is 2.20. The molecule has 0 saturated heterocycles. The Kier molecular flexibility index (Phi) is 5.73. The van der Waals surface area contributed by atoms with E-state index in [0.717, 1.165) is 17.7 Å². The first-order valence-corrected chi connectivity index (χ1v) is 7.95. The molecule has 0 aliphatic carbocycles. The summed E-state index contributed by atoms with van der Waals surface area (Å²) in [7, 11) is 1.66. The monoisotopic (exact) mass is 342 g/mol. The van der Waals surface area contributed by atoms with Crippen molar-refractivity contribution in [2.45, 2.75) is 39.8 Å². The summed E-state index contributed by atoms with van der Waals surface area (Å²) in [6, 6.07) is 5.31. The number of methoxy groups -OCH3 is 1. The molecule has 0 bridgehead atoms. The van der Waals surface area contributed by atoms with Gasteiger partial charge in [0.2, 0.25) is 5.88 Å². The van der Waals surface area contributed by atoms with Gasteiger partial charge in [0.25, 0.3) is 0 Å². The molecule has 2 aromatic rings. The van der Waals surface area contributed by atoms with Gasteiger partial charge in [0.05, 0.1) is 18.3 Å². The van der Waals surface area contributed by atoms with Gasteiger partial charge in [-0.3, -0.25) is 0 Å². The molecule has 1 aromatic carbocycles. The second-order valence-corrected chi connectivity index (χ2v) is 6.14. The lowest BCUT2D eigenvalue weighted by molar-refractivity contribution is 0.180. The summed E-state index contributed by atoms with van der Waals surface area (Å²) in [5, 5.41) is 5.68. The van der Waals surface area contributed by atoms with E-state index in [1.165, 1.54) is 0 Å². The molecular formula is C16H20Cl2N2O2. The van der Waals surface area contributed by atoms with Gasteiger partial charge < -0.3 is 9.47 Å². The largest absolute Gasteiger partial charge is 0.439 e. The SMILES string of the molecule is CCc1c(COC)nn(C(C)C)c1Oc1cc(Cl)cc(Cl)c1. The number of benzene rings is 1. The van der Waals surface area contributed by atoms with Crippen LogP contribution in [0.15, 0.2) is 18.2 Å². The smallest absolute Gasteiger partial charge is 0.221 e. The van der Waals surface area contributed by atoms with Crippen LogP contribution in [0.3, 0.4) is 0 Å². The van der Waals surface area contributed by atoms with Crippen LogP contribution in [0.5, 0.6) is 11.6 Å². The van der Waals surface area contributed by atoms with Crippen molar-refractivity contribution in [1.29, 1.82) is 0 Å². The fourth-order valence-corrected chi connectivity index (χ4v) is 2.77.